The Labute approximate surface area is 135 Å². The first-order valence-electron chi connectivity index (χ1n) is 7.66. The molecule has 0 aliphatic carbocycles. The van der Waals surface area contributed by atoms with Crippen LogP contribution in [-0.4, -0.2) is 35.3 Å². The van der Waals surface area contributed by atoms with Crippen molar-refractivity contribution in [3.8, 4) is 11.5 Å². The zero-order valence-corrected chi connectivity index (χ0v) is 13.9. The zero-order valence-electron chi connectivity index (χ0n) is 13.9. The molecule has 23 heavy (non-hydrogen) atoms. The van der Waals surface area contributed by atoms with E-state index in [1.165, 1.54) is 0 Å². The highest BCUT2D eigenvalue weighted by atomic mass is 16.5. The van der Waals surface area contributed by atoms with Crippen molar-refractivity contribution >= 4 is 11.7 Å². The van der Waals surface area contributed by atoms with Crippen LogP contribution in [0.4, 0.5) is 10.5 Å². The minimum atomic E-state index is -0.268. The van der Waals surface area contributed by atoms with E-state index in [1.807, 2.05) is 46.0 Å². The van der Waals surface area contributed by atoms with Crippen molar-refractivity contribution < 1.29 is 9.32 Å². The van der Waals surface area contributed by atoms with Crippen molar-refractivity contribution in [1.29, 1.82) is 0 Å². The number of nitrogens with one attached hydrogen (secondary N) is 3. The number of amides is 2. The van der Waals surface area contributed by atoms with E-state index in [0.717, 1.165) is 0 Å². The van der Waals surface area contributed by atoms with Gasteiger partial charge in [0.15, 0.2) is 5.82 Å². The Morgan fingerprint density at radius 1 is 1.26 bits per heavy atom. The minimum absolute atomic E-state index is 0.0557. The lowest BCUT2D eigenvalue weighted by atomic mass is 10.1. The molecule has 0 fully saturated rings. The number of likely N-dealkylation sites (N-methyl/N-ethyl adjacent to an activating group) is 1. The quantitative estimate of drug-likeness (QED) is 0.761. The van der Waals surface area contributed by atoms with E-state index in [9.17, 15) is 4.79 Å². The predicted octanol–water partition coefficient (Wildman–Crippen LogP) is 2.42. The third kappa shape index (κ3) is 4.79. The van der Waals surface area contributed by atoms with Crippen molar-refractivity contribution in [1.82, 2.24) is 20.8 Å². The van der Waals surface area contributed by atoms with Gasteiger partial charge in [-0.15, -0.1) is 0 Å². The molecule has 1 atom stereocenters. The molecule has 3 N–H and O–H groups in total. The molecule has 0 saturated heterocycles. The van der Waals surface area contributed by atoms with Gasteiger partial charge in [0, 0.05) is 18.5 Å². The van der Waals surface area contributed by atoms with Crippen LogP contribution >= 0.6 is 0 Å². The summed E-state index contributed by atoms with van der Waals surface area (Å²) >= 11 is 0. The predicted molar refractivity (Wildman–Crippen MR) is 89.3 cm³/mol. The third-order valence-electron chi connectivity index (χ3n) is 3.28. The maximum atomic E-state index is 11.9. The van der Waals surface area contributed by atoms with Crippen molar-refractivity contribution in [2.75, 3.05) is 12.4 Å². The Bertz CT molecular complexity index is 653. The molecule has 0 aliphatic rings. The number of carbonyl (C=O) groups is 1. The van der Waals surface area contributed by atoms with E-state index in [0.29, 0.717) is 29.4 Å². The van der Waals surface area contributed by atoms with Crippen molar-refractivity contribution in [3.63, 3.8) is 0 Å². The molecular formula is C16H23N5O2. The van der Waals surface area contributed by atoms with Crippen LogP contribution in [0.1, 0.15) is 26.6 Å². The topological polar surface area (TPSA) is 92.1 Å². The molecule has 7 heteroatoms. The Kier molecular flexibility index (Phi) is 5.70. The van der Waals surface area contributed by atoms with E-state index in [4.69, 9.17) is 4.52 Å². The Morgan fingerprint density at radius 2 is 2.00 bits per heavy atom. The second kappa shape index (κ2) is 7.73. The summed E-state index contributed by atoms with van der Waals surface area (Å²) in [6, 6.07) is 7.39. The van der Waals surface area contributed by atoms with E-state index < -0.39 is 0 Å². The average Bonchev–Trinajstić information content (AvgIpc) is 2.95. The normalized spacial score (nSPS) is 12.2. The number of nitrogens with zero attached hydrogens (tertiary/aromatic N) is 2. The van der Waals surface area contributed by atoms with Gasteiger partial charge in [-0.25, -0.2) is 4.79 Å². The van der Waals surface area contributed by atoms with Gasteiger partial charge in [-0.2, -0.15) is 4.98 Å². The maximum Gasteiger partial charge on any atom is 0.319 e. The van der Waals surface area contributed by atoms with Crippen LogP contribution in [0.15, 0.2) is 28.8 Å². The molecule has 0 saturated carbocycles. The van der Waals surface area contributed by atoms with Crippen LogP contribution in [0.5, 0.6) is 0 Å². The highest BCUT2D eigenvalue weighted by molar-refractivity contribution is 5.93. The first-order valence-corrected chi connectivity index (χ1v) is 7.66. The fraction of sp³-hybridized carbons (Fsp3) is 0.438. The molecular weight excluding hydrogens is 294 g/mol. The van der Waals surface area contributed by atoms with Gasteiger partial charge in [0.05, 0.1) is 11.3 Å². The van der Waals surface area contributed by atoms with Crippen LogP contribution in [0, 0.1) is 0 Å². The van der Waals surface area contributed by atoms with Crippen molar-refractivity contribution in [3.05, 3.63) is 30.1 Å². The van der Waals surface area contributed by atoms with Gasteiger partial charge in [0.2, 0.25) is 0 Å². The van der Waals surface area contributed by atoms with Crippen LogP contribution < -0.4 is 16.0 Å². The molecule has 1 unspecified atom stereocenters. The molecule has 2 aromatic rings. The number of carbonyl (C=O) groups excluding carboxylic acids is 1. The third-order valence-corrected chi connectivity index (χ3v) is 3.28. The molecule has 0 aliphatic heterocycles. The summed E-state index contributed by atoms with van der Waals surface area (Å²) < 4.78 is 5.34. The summed E-state index contributed by atoms with van der Waals surface area (Å²) in [5.41, 5.74) is 1.32. The average molecular weight is 317 g/mol. The van der Waals surface area contributed by atoms with Gasteiger partial charge in [-0.05, 0) is 40.0 Å². The van der Waals surface area contributed by atoms with Crippen molar-refractivity contribution in [2.24, 2.45) is 0 Å². The van der Waals surface area contributed by atoms with Gasteiger partial charge in [-0.3, -0.25) is 0 Å². The fourth-order valence-corrected chi connectivity index (χ4v) is 2.02. The molecule has 1 heterocycles. The second-order valence-corrected chi connectivity index (χ2v) is 5.71. The van der Waals surface area contributed by atoms with Gasteiger partial charge in [0.25, 0.3) is 5.89 Å². The van der Waals surface area contributed by atoms with E-state index in [1.54, 1.807) is 6.07 Å². The standard InChI is InChI=1S/C16H23N5O2/c1-10(2)18-16(22)19-13-8-6-5-7-12(13)15-20-14(21-23-15)9-11(3)17-4/h5-8,10-11,17H,9H2,1-4H3,(H2,18,19,22). The van der Waals surface area contributed by atoms with Crippen molar-refractivity contribution in [2.45, 2.75) is 39.3 Å². The first kappa shape index (κ1) is 17.0. The number of hydrogen-bond donors (Lipinski definition) is 3. The van der Waals surface area contributed by atoms with Gasteiger partial charge < -0.3 is 20.5 Å². The van der Waals surface area contributed by atoms with Gasteiger partial charge >= 0.3 is 6.03 Å². The zero-order chi connectivity index (χ0) is 16.8. The highest BCUT2D eigenvalue weighted by Crippen LogP contribution is 2.26. The van der Waals surface area contributed by atoms with E-state index >= 15 is 0 Å². The molecule has 2 rings (SSSR count). The SMILES string of the molecule is CNC(C)Cc1noc(-c2ccccc2NC(=O)NC(C)C)n1. The molecule has 1 aromatic heterocycles. The molecule has 7 nitrogen and oxygen atoms in total. The summed E-state index contributed by atoms with van der Waals surface area (Å²) in [7, 11) is 1.89. The molecule has 0 spiro atoms. The molecule has 2 amide bonds. The summed E-state index contributed by atoms with van der Waals surface area (Å²) in [6.07, 6.45) is 0.670. The Hall–Kier alpha value is -2.41. The molecule has 124 valence electrons. The summed E-state index contributed by atoms with van der Waals surface area (Å²) in [6.45, 7) is 5.85. The number of para-hydroxylation sites is 1. The first-order chi connectivity index (χ1) is 11.0. The number of aromatic nitrogens is 2. The smallest absolute Gasteiger partial charge is 0.319 e. The lowest BCUT2D eigenvalue weighted by Gasteiger charge is -2.11. The summed E-state index contributed by atoms with van der Waals surface area (Å²) in [5.74, 6) is 1.02. The number of rotatable bonds is 6. The highest BCUT2D eigenvalue weighted by Gasteiger charge is 2.15. The monoisotopic (exact) mass is 317 g/mol. The number of anilines is 1. The molecule has 0 radical (unpaired) electrons. The number of benzene rings is 1. The van der Waals surface area contributed by atoms with Crippen LogP contribution in [0.3, 0.4) is 0 Å². The Morgan fingerprint density at radius 3 is 2.70 bits per heavy atom. The number of hydrogen-bond acceptors (Lipinski definition) is 5. The fourth-order valence-electron chi connectivity index (χ4n) is 2.02. The lowest BCUT2D eigenvalue weighted by molar-refractivity contribution is 0.250. The van der Waals surface area contributed by atoms with E-state index in [2.05, 4.69) is 26.1 Å². The largest absolute Gasteiger partial charge is 0.336 e. The molecule has 1 aromatic carbocycles. The Balaban J connectivity index is 2.18. The van der Waals surface area contributed by atoms with Crippen LogP contribution in [0.2, 0.25) is 0 Å². The maximum absolute atomic E-state index is 11.9. The summed E-state index contributed by atoms with van der Waals surface area (Å²) in [5, 5.41) is 12.7. The van der Waals surface area contributed by atoms with Gasteiger partial charge in [-0.1, -0.05) is 17.3 Å². The lowest BCUT2D eigenvalue weighted by Crippen LogP contribution is -2.34. The van der Waals surface area contributed by atoms with Crippen LogP contribution in [-0.2, 0) is 6.42 Å². The van der Waals surface area contributed by atoms with Crippen LogP contribution in [0.25, 0.3) is 11.5 Å². The van der Waals surface area contributed by atoms with E-state index in [-0.39, 0.29) is 18.1 Å². The minimum Gasteiger partial charge on any atom is -0.336 e. The summed E-state index contributed by atoms with van der Waals surface area (Å²) in [4.78, 5) is 16.3. The van der Waals surface area contributed by atoms with Gasteiger partial charge in [0.1, 0.15) is 0 Å². The molecule has 0 bridgehead atoms. The second-order valence-electron chi connectivity index (χ2n) is 5.71. The number of urea groups is 1.